The van der Waals surface area contributed by atoms with Crippen LogP contribution in [-0.4, -0.2) is 63.3 Å². The van der Waals surface area contributed by atoms with Crippen LogP contribution in [0.2, 0.25) is 0 Å². The standard InChI is InChI=1S/C18H26N6O2/c1-3-22-6-5-19-17(22)16-14(4-11-26-16)18(25)24-9-7-23(8-10-24)15-12-13(2)20-21-15/h5-6,12,14,16H,3-4,7-11H2,1-2H3,(H,20,21)/t14-,16-/m1/s1. The van der Waals surface area contributed by atoms with E-state index in [-0.39, 0.29) is 17.9 Å². The number of aromatic amines is 1. The molecule has 2 aliphatic rings. The van der Waals surface area contributed by atoms with Crippen molar-refractivity contribution in [1.82, 2.24) is 24.6 Å². The van der Waals surface area contributed by atoms with Gasteiger partial charge in [0.1, 0.15) is 11.9 Å². The third-order valence-electron chi connectivity index (χ3n) is 5.36. The summed E-state index contributed by atoms with van der Waals surface area (Å²) in [5, 5.41) is 7.30. The Bertz CT molecular complexity index is 761. The molecule has 8 heteroatoms. The van der Waals surface area contributed by atoms with Crippen LogP contribution in [0, 0.1) is 12.8 Å². The van der Waals surface area contributed by atoms with Crippen molar-refractivity contribution in [2.45, 2.75) is 32.9 Å². The first-order valence-corrected chi connectivity index (χ1v) is 9.35. The molecule has 26 heavy (non-hydrogen) atoms. The molecule has 0 radical (unpaired) electrons. The number of carbonyl (C=O) groups excluding carboxylic acids is 1. The number of carbonyl (C=O) groups is 1. The summed E-state index contributed by atoms with van der Waals surface area (Å²) in [4.78, 5) is 21.8. The molecule has 2 saturated heterocycles. The van der Waals surface area contributed by atoms with Crippen LogP contribution in [0.5, 0.6) is 0 Å². The van der Waals surface area contributed by atoms with Crippen LogP contribution < -0.4 is 4.90 Å². The van der Waals surface area contributed by atoms with E-state index in [4.69, 9.17) is 4.74 Å². The van der Waals surface area contributed by atoms with E-state index in [0.717, 1.165) is 56.5 Å². The fourth-order valence-corrected chi connectivity index (χ4v) is 3.90. The molecule has 2 aromatic rings. The molecule has 0 aromatic carbocycles. The fourth-order valence-electron chi connectivity index (χ4n) is 3.90. The predicted octanol–water partition coefficient (Wildman–Crippen LogP) is 1.36. The molecule has 2 fully saturated rings. The van der Waals surface area contributed by atoms with Crippen LogP contribution in [0.1, 0.15) is 31.0 Å². The molecule has 0 saturated carbocycles. The minimum absolute atomic E-state index is 0.137. The van der Waals surface area contributed by atoms with Gasteiger partial charge in [0.25, 0.3) is 0 Å². The average molecular weight is 358 g/mol. The highest BCUT2D eigenvalue weighted by atomic mass is 16.5. The van der Waals surface area contributed by atoms with Crippen molar-refractivity contribution in [2.75, 3.05) is 37.7 Å². The van der Waals surface area contributed by atoms with Gasteiger partial charge in [-0.3, -0.25) is 9.89 Å². The molecule has 0 unspecified atom stereocenters. The minimum atomic E-state index is -0.232. The van der Waals surface area contributed by atoms with Crippen molar-refractivity contribution < 1.29 is 9.53 Å². The Kier molecular flexibility index (Phi) is 4.67. The molecule has 4 heterocycles. The lowest BCUT2D eigenvalue weighted by molar-refractivity contribution is -0.138. The highest BCUT2D eigenvalue weighted by Gasteiger charge is 2.40. The zero-order valence-electron chi connectivity index (χ0n) is 15.4. The normalized spacial score (nSPS) is 23.6. The van der Waals surface area contributed by atoms with Gasteiger partial charge in [-0.15, -0.1) is 0 Å². The number of hydrogen-bond donors (Lipinski definition) is 1. The first kappa shape index (κ1) is 17.1. The van der Waals surface area contributed by atoms with Gasteiger partial charge >= 0.3 is 0 Å². The first-order chi connectivity index (χ1) is 12.7. The van der Waals surface area contributed by atoms with Crippen LogP contribution in [0.25, 0.3) is 0 Å². The molecule has 2 aliphatic heterocycles. The second-order valence-corrected chi connectivity index (χ2v) is 6.98. The number of nitrogens with one attached hydrogen (secondary N) is 1. The lowest BCUT2D eigenvalue weighted by Gasteiger charge is -2.36. The Morgan fingerprint density at radius 1 is 1.35 bits per heavy atom. The Morgan fingerprint density at radius 2 is 2.15 bits per heavy atom. The van der Waals surface area contributed by atoms with Gasteiger partial charge in [-0.05, 0) is 20.3 Å². The van der Waals surface area contributed by atoms with E-state index in [2.05, 4.69) is 31.6 Å². The number of aryl methyl sites for hydroxylation is 2. The maximum Gasteiger partial charge on any atom is 0.228 e. The molecule has 0 aliphatic carbocycles. The van der Waals surface area contributed by atoms with Gasteiger partial charge in [0.2, 0.25) is 5.91 Å². The van der Waals surface area contributed by atoms with Crippen molar-refractivity contribution in [2.24, 2.45) is 5.92 Å². The smallest absolute Gasteiger partial charge is 0.228 e. The van der Waals surface area contributed by atoms with Crippen molar-refractivity contribution >= 4 is 11.7 Å². The second kappa shape index (κ2) is 7.11. The van der Waals surface area contributed by atoms with Crippen LogP contribution in [-0.2, 0) is 16.1 Å². The number of aromatic nitrogens is 4. The van der Waals surface area contributed by atoms with Gasteiger partial charge in [-0.1, -0.05) is 0 Å². The minimum Gasteiger partial charge on any atom is -0.369 e. The number of hydrogen-bond acceptors (Lipinski definition) is 5. The third kappa shape index (κ3) is 3.09. The molecule has 140 valence electrons. The predicted molar refractivity (Wildman–Crippen MR) is 96.8 cm³/mol. The Labute approximate surface area is 153 Å². The SMILES string of the molecule is CCn1ccnc1[C@@H]1OCC[C@H]1C(=O)N1CCN(c2cc(C)[nH]n2)CC1. The Hall–Kier alpha value is -2.35. The summed E-state index contributed by atoms with van der Waals surface area (Å²) in [5.74, 6) is 1.88. The number of nitrogens with zero attached hydrogens (tertiary/aromatic N) is 5. The lowest BCUT2D eigenvalue weighted by Crippen LogP contribution is -2.51. The summed E-state index contributed by atoms with van der Waals surface area (Å²) in [5.41, 5.74) is 1.05. The van der Waals surface area contributed by atoms with E-state index < -0.39 is 0 Å². The Balaban J connectivity index is 1.41. The van der Waals surface area contributed by atoms with E-state index >= 15 is 0 Å². The van der Waals surface area contributed by atoms with Crippen molar-refractivity contribution in [3.63, 3.8) is 0 Å². The molecular formula is C18H26N6O2. The molecule has 1 N–H and O–H groups in total. The quantitative estimate of drug-likeness (QED) is 0.893. The van der Waals surface area contributed by atoms with Crippen LogP contribution in [0.15, 0.2) is 18.5 Å². The molecular weight excluding hydrogens is 332 g/mol. The molecule has 0 bridgehead atoms. The number of anilines is 1. The summed E-state index contributed by atoms with van der Waals surface area (Å²) in [7, 11) is 0. The van der Waals surface area contributed by atoms with Gasteiger partial charge in [0.05, 0.1) is 5.92 Å². The largest absolute Gasteiger partial charge is 0.369 e. The van der Waals surface area contributed by atoms with Crippen LogP contribution in [0.4, 0.5) is 5.82 Å². The summed E-state index contributed by atoms with van der Waals surface area (Å²) >= 11 is 0. The van der Waals surface area contributed by atoms with E-state index in [9.17, 15) is 4.79 Å². The average Bonchev–Trinajstić information content (AvgIpc) is 3.40. The van der Waals surface area contributed by atoms with Crippen molar-refractivity contribution in [3.8, 4) is 0 Å². The van der Waals surface area contributed by atoms with Crippen molar-refractivity contribution in [3.05, 3.63) is 30.0 Å². The highest BCUT2D eigenvalue weighted by molar-refractivity contribution is 5.80. The zero-order valence-corrected chi connectivity index (χ0v) is 15.4. The van der Waals surface area contributed by atoms with Crippen LogP contribution >= 0.6 is 0 Å². The molecule has 2 atom stereocenters. The number of rotatable bonds is 4. The maximum absolute atomic E-state index is 13.1. The summed E-state index contributed by atoms with van der Waals surface area (Å²) in [6.07, 6.45) is 4.26. The fraction of sp³-hybridized carbons (Fsp3) is 0.611. The van der Waals surface area contributed by atoms with E-state index in [1.165, 1.54) is 0 Å². The van der Waals surface area contributed by atoms with E-state index in [1.807, 2.05) is 24.1 Å². The summed E-state index contributed by atoms with van der Waals surface area (Å²) < 4.78 is 7.97. The molecule has 2 aromatic heterocycles. The monoisotopic (exact) mass is 358 g/mol. The molecule has 1 amide bonds. The van der Waals surface area contributed by atoms with E-state index in [1.54, 1.807) is 6.20 Å². The van der Waals surface area contributed by atoms with Crippen LogP contribution in [0.3, 0.4) is 0 Å². The number of amides is 1. The number of imidazole rings is 1. The molecule has 8 nitrogen and oxygen atoms in total. The van der Waals surface area contributed by atoms with Gasteiger partial charge in [-0.25, -0.2) is 4.98 Å². The number of ether oxygens (including phenoxy) is 1. The first-order valence-electron chi connectivity index (χ1n) is 9.35. The summed E-state index contributed by atoms with van der Waals surface area (Å²) in [6.45, 7) is 8.56. The van der Waals surface area contributed by atoms with Gasteiger partial charge in [-0.2, -0.15) is 5.10 Å². The van der Waals surface area contributed by atoms with Crippen molar-refractivity contribution in [1.29, 1.82) is 0 Å². The van der Waals surface area contributed by atoms with Gasteiger partial charge in [0, 0.05) is 63.5 Å². The maximum atomic E-state index is 13.1. The Morgan fingerprint density at radius 3 is 2.85 bits per heavy atom. The van der Waals surface area contributed by atoms with Gasteiger partial charge in [0.15, 0.2) is 5.82 Å². The molecule has 0 spiro atoms. The molecule has 4 rings (SSSR count). The second-order valence-electron chi connectivity index (χ2n) is 6.98. The third-order valence-corrected chi connectivity index (χ3v) is 5.36. The topological polar surface area (TPSA) is 79.3 Å². The summed E-state index contributed by atoms with van der Waals surface area (Å²) in [6, 6.07) is 2.04. The number of piperazine rings is 1. The number of H-pyrrole nitrogens is 1. The zero-order chi connectivity index (χ0) is 18.1. The van der Waals surface area contributed by atoms with Gasteiger partial charge < -0.3 is 19.1 Å². The van der Waals surface area contributed by atoms with E-state index in [0.29, 0.717) is 6.61 Å². The lowest BCUT2D eigenvalue weighted by atomic mass is 9.98. The highest BCUT2D eigenvalue weighted by Crippen LogP contribution is 2.35.